The number of pyridine rings is 1. The number of ether oxygens (including phenoxy) is 2. The number of nitriles is 1. The lowest BCUT2D eigenvalue weighted by molar-refractivity contribution is -0.128. The molecule has 0 atom stereocenters. The Kier molecular flexibility index (Phi) is 4.46. The second-order valence-electron chi connectivity index (χ2n) is 5.72. The number of halogens is 2. The van der Waals surface area contributed by atoms with Crippen LogP contribution in [0, 0.1) is 16.7 Å². The standard InChI is InChI=1S/C16H15F2N3O3/c17-15(18)24-11-1-2-13-12(3-11)14(10(4-19)5-20-13)21-6-16(7-22)8-23-9-16/h1-3,5,15,22H,6-9H2,(H,20,21). The van der Waals surface area contributed by atoms with E-state index >= 15 is 0 Å². The number of rotatable bonds is 6. The summed E-state index contributed by atoms with van der Waals surface area (Å²) in [5.74, 6) is -0.0127. The molecular formula is C16H15F2N3O3. The first kappa shape index (κ1) is 16.4. The summed E-state index contributed by atoms with van der Waals surface area (Å²) < 4.78 is 34.4. The highest BCUT2D eigenvalue weighted by atomic mass is 19.3. The molecule has 126 valence electrons. The van der Waals surface area contributed by atoms with Crippen LogP contribution in [0.3, 0.4) is 0 Å². The van der Waals surface area contributed by atoms with E-state index in [-0.39, 0.29) is 17.9 Å². The molecule has 1 aliphatic rings. The number of aromatic nitrogens is 1. The molecule has 1 fully saturated rings. The number of benzene rings is 1. The summed E-state index contributed by atoms with van der Waals surface area (Å²) in [4.78, 5) is 4.15. The van der Waals surface area contributed by atoms with Crippen LogP contribution in [0.25, 0.3) is 10.9 Å². The van der Waals surface area contributed by atoms with Crippen molar-refractivity contribution in [1.29, 1.82) is 5.26 Å². The van der Waals surface area contributed by atoms with Gasteiger partial charge in [0.1, 0.15) is 11.8 Å². The van der Waals surface area contributed by atoms with Crippen LogP contribution in [0.1, 0.15) is 5.56 Å². The minimum Gasteiger partial charge on any atom is -0.435 e. The number of anilines is 1. The van der Waals surface area contributed by atoms with Gasteiger partial charge < -0.3 is 19.9 Å². The van der Waals surface area contributed by atoms with Gasteiger partial charge in [0, 0.05) is 18.1 Å². The monoisotopic (exact) mass is 335 g/mol. The van der Waals surface area contributed by atoms with Crippen molar-refractivity contribution in [2.24, 2.45) is 5.41 Å². The highest BCUT2D eigenvalue weighted by Gasteiger charge is 2.38. The van der Waals surface area contributed by atoms with E-state index in [2.05, 4.69) is 15.0 Å². The van der Waals surface area contributed by atoms with E-state index in [1.165, 1.54) is 18.3 Å². The van der Waals surface area contributed by atoms with Crippen molar-refractivity contribution in [1.82, 2.24) is 4.98 Å². The Morgan fingerprint density at radius 2 is 2.25 bits per heavy atom. The van der Waals surface area contributed by atoms with Crippen molar-refractivity contribution in [2.75, 3.05) is 31.7 Å². The van der Waals surface area contributed by atoms with Gasteiger partial charge in [-0.05, 0) is 18.2 Å². The topological polar surface area (TPSA) is 87.4 Å². The van der Waals surface area contributed by atoms with Crippen LogP contribution in [0.5, 0.6) is 5.75 Å². The van der Waals surface area contributed by atoms with Crippen LogP contribution in [0.2, 0.25) is 0 Å². The Morgan fingerprint density at radius 3 is 2.83 bits per heavy atom. The number of hydrogen-bond donors (Lipinski definition) is 2. The molecule has 0 aliphatic carbocycles. The maximum absolute atomic E-state index is 12.4. The summed E-state index contributed by atoms with van der Waals surface area (Å²) in [5, 5.41) is 22.4. The Balaban J connectivity index is 1.97. The smallest absolute Gasteiger partial charge is 0.387 e. The third-order valence-corrected chi connectivity index (χ3v) is 3.98. The van der Waals surface area contributed by atoms with Gasteiger partial charge in [-0.2, -0.15) is 14.0 Å². The van der Waals surface area contributed by atoms with Gasteiger partial charge in [0.15, 0.2) is 0 Å². The summed E-state index contributed by atoms with van der Waals surface area (Å²) in [6.45, 7) is -1.76. The fourth-order valence-corrected chi connectivity index (χ4v) is 2.54. The normalized spacial score (nSPS) is 15.8. The molecule has 1 aromatic heterocycles. The third kappa shape index (κ3) is 3.09. The average molecular weight is 335 g/mol. The van der Waals surface area contributed by atoms with E-state index in [0.29, 0.717) is 36.3 Å². The molecule has 1 aliphatic heterocycles. The lowest BCUT2D eigenvalue weighted by Crippen LogP contribution is -2.50. The summed E-state index contributed by atoms with van der Waals surface area (Å²) in [6.07, 6.45) is 1.42. The predicted molar refractivity (Wildman–Crippen MR) is 81.9 cm³/mol. The maximum atomic E-state index is 12.4. The second-order valence-corrected chi connectivity index (χ2v) is 5.72. The molecule has 24 heavy (non-hydrogen) atoms. The number of alkyl halides is 2. The van der Waals surface area contributed by atoms with Gasteiger partial charge in [0.25, 0.3) is 0 Å². The summed E-state index contributed by atoms with van der Waals surface area (Å²) in [5.41, 5.74) is 0.896. The molecule has 0 bridgehead atoms. The summed E-state index contributed by atoms with van der Waals surface area (Å²) in [6, 6.07) is 6.39. The number of fused-ring (bicyclic) bond motifs is 1. The minimum atomic E-state index is -2.93. The minimum absolute atomic E-state index is 0.0127. The molecule has 6 nitrogen and oxygen atoms in total. The van der Waals surface area contributed by atoms with Gasteiger partial charge in [-0.25, -0.2) is 0 Å². The number of aliphatic hydroxyl groups excluding tert-OH is 1. The molecule has 0 unspecified atom stereocenters. The molecule has 2 aromatic rings. The molecule has 2 heterocycles. The molecule has 0 saturated carbocycles. The Bertz CT molecular complexity index is 782. The zero-order valence-electron chi connectivity index (χ0n) is 12.6. The van der Waals surface area contributed by atoms with Gasteiger partial charge in [-0.3, -0.25) is 4.98 Å². The molecule has 8 heteroatoms. The van der Waals surface area contributed by atoms with Crippen molar-refractivity contribution in [2.45, 2.75) is 6.61 Å². The summed E-state index contributed by atoms with van der Waals surface area (Å²) >= 11 is 0. The van der Waals surface area contributed by atoms with E-state index in [0.717, 1.165) is 0 Å². The van der Waals surface area contributed by atoms with Crippen LogP contribution in [-0.2, 0) is 4.74 Å². The first-order chi connectivity index (χ1) is 11.6. The van der Waals surface area contributed by atoms with E-state index in [9.17, 15) is 19.1 Å². The number of nitrogens with zero attached hydrogens (tertiary/aromatic N) is 2. The summed E-state index contributed by atoms with van der Waals surface area (Å²) in [7, 11) is 0. The molecule has 1 aromatic carbocycles. The SMILES string of the molecule is N#Cc1cnc2ccc(OC(F)F)cc2c1NCC1(CO)COC1. The van der Waals surface area contributed by atoms with Crippen molar-refractivity contribution >= 4 is 16.6 Å². The van der Waals surface area contributed by atoms with Crippen molar-refractivity contribution in [3.05, 3.63) is 30.0 Å². The zero-order valence-corrected chi connectivity index (χ0v) is 12.6. The van der Waals surface area contributed by atoms with Gasteiger partial charge in [0.05, 0.1) is 42.0 Å². The second kappa shape index (κ2) is 6.55. The zero-order chi connectivity index (χ0) is 17.2. The lowest BCUT2D eigenvalue weighted by Gasteiger charge is -2.40. The van der Waals surface area contributed by atoms with E-state index in [1.54, 1.807) is 6.07 Å². The molecule has 0 radical (unpaired) electrons. The molecular weight excluding hydrogens is 320 g/mol. The first-order valence-corrected chi connectivity index (χ1v) is 7.27. The van der Waals surface area contributed by atoms with E-state index < -0.39 is 12.0 Å². The van der Waals surface area contributed by atoms with Gasteiger partial charge in [-0.1, -0.05) is 0 Å². The van der Waals surface area contributed by atoms with E-state index in [4.69, 9.17) is 4.74 Å². The molecule has 3 rings (SSSR count). The van der Waals surface area contributed by atoms with Crippen molar-refractivity contribution in [3.8, 4) is 11.8 Å². The Labute approximate surface area is 136 Å². The van der Waals surface area contributed by atoms with Crippen LogP contribution in [-0.4, -0.2) is 43.1 Å². The fourth-order valence-electron chi connectivity index (χ4n) is 2.54. The number of nitrogens with one attached hydrogen (secondary N) is 1. The lowest BCUT2D eigenvalue weighted by atomic mass is 9.87. The molecule has 0 amide bonds. The van der Waals surface area contributed by atoms with Gasteiger partial charge in [-0.15, -0.1) is 0 Å². The largest absolute Gasteiger partial charge is 0.435 e. The predicted octanol–water partition coefficient (Wildman–Crippen LogP) is 2.13. The van der Waals surface area contributed by atoms with Crippen molar-refractivity contribution < 1.29 is 23.4 Å². The number of hydrogen-bond acceptors (Lipinski definition) is 6. The molecule has 1 saturated heterocycles. The molecule has 2 N–H and O–H groups in total. The Morgan fingerprint density at radius 1 is 1.46 bits per heavy atom. The molecule has 0 spiro atoms. The van der Waals surface area contributed by atoms with E-state index in [1.807, 2.05) is 6.07 Å². The maximum Gasteiger partial charge on any atom is 0.387 e. The van der Waals surface area contributed by atoms with Crippen LogP contribution in [0.15, 0.2) is 24.4 Å². The van der Waals surface area contributed by atoms with Crippen LogP contribution in [0.4, 0.5) is 14.5 Å². The highest BCUT2D eigenvalue weighted by Crippen LogP contribution is 2.32. The first-order valence-electron chi connectivity index (χ1n) is 7.27. The van der Waals surface area contributed by atoms with Gasteiger partial charge in [0.2, 0.25) is 0 Å². The third-order valence-electron chi connectivity index (χ3n) is 3.98. The highest BCUT2D eigenvalue weighted by molar-refractivity contribution is 5.94. The van der Waals surface area contributed by atoms with Crippen LogP contribution >= 0.6 is 0 Å². The quantitative estimate of drug-likeness (QED) is 0.841. The Hall–Kier alpha value is -2.50. The van der Waals surface area contributed by atoms with Crippen LogP contribution < -0.4 is 10.1 Å². The fraction of sp³-hybridized carbons (Fsp3) is 0.375. The van der Waals surface area contributed by atoms with Gasteiger partial charge >= 0.3 is 6.61 Å². The number of aliphatic hydroxyl groups is 1. The average Bonchev–Trinajstić information content (AvgIpc) is 2.53. The van der Waals surface area contributed by atoms with Crippen molar-refractivity contribution in [3.63, 3.8) is 0 Å².